The molecule has 8 heteroatoms. The quantitative estimate of drug-likeness (QED) is 0.284. The largest absolute Gasteiger partial charge is 0.492 e. The summed E-state index contributed by atoms with van der Waals surface area (Å²) in [5, 5.41) is 3.85. The zero-order valence-corrected chi connectivity index (χ0v) is 21.1. The van der Waals surface area contributed by atoms with E-state index in [4.69, 9.17) is 15.2 Å². The third kappa shape index (κ3) is 4.88. The highest BCUT2D eigenvalue weighted by atomic mass is 16.6. The molecule has 1 amide bonds. The Labute approximate surface area is 216 Å². The second-order valence-electron chi connectivity index (χ2n) is 10.2. The molecule has 3 N–H and O–H groups in total. The van der Waals surface area contributed by atoms with E-state index < -0.39 is 6.09 Å². The molecule has 0 spiro atoms. The number of nitrogen functional groups attached to an aromatic ring is 1. The summed E-state index contributed by atoms with van der Waals surface area (Å²) in [5.74, 6) is 1.31. The monoisotopic (exact) mass is 499 g/mol. The summed E-state index contributed by atoms with van der Waals surface area (Å²) in [7, 11) is 0. The minimum absolute atomic E-state index is 0.0444. The van der Waals surface area contributed by atoms with Gasteiger partial charge in [0.1, 0.15) is 18.5 Å². The van der Waals surface area contributed by atoms with E-state index in [1.54, 1.807) is 12.5 Å². The third-order valence-electron chi connectivity index (χ3n) is 7.61. The number of aromatic nitrogens is 3. The van der Waals surface area contributed by atoms with E-state index in [0.717, 1.165) is 65.8 Å². The van der Waals surface area contributed by atoms with Crippen LogP contribution in [0.4, 0.5) is 16.2 Å². The SMILES string of the molecule is CC(OC(=O)Nc1ccc(-c2c(N)c3cc(OCCn4ccnc4)ccc3n2C2CCC2)cc1)C1CC1. The van der Waals surface area contributed by atoms with Crippen LogP contribution < -0.4 is 15.8 Å². The topological polar surface area (TPSA) is 96.3 Å². The lowest BCUT2D eigenvalue weighted by Crippen LogP contribution is -2.21. The number of anilines is 2. The van der Waals surface area contributed by atoms with Crippen LogP contribution in [0, 0.1) is 5.92 Å². The number of carbonyl (C=O) groups is 1. The molecule has 8 nitrogen and oxygen atoms in total. The van der Waals surface area contributed by atoms with Crippen molar-refractivity contribution in [3.63, 3.8) is 0 Å². The van der Waals surface area contributed by atoms with Gasteiger partial charge in [-0.15, -0.1) is 0 Å². The zero-order valence-electron chi connectivity index (χ0n) is 21.1. The summed E-state index contributed by atoms with van der Waals surface area (Å²) < 4.78 is 15.9. The van der Waals surface area contributed by atoms with E-state index in [1.807, 2.05) is 54.1 Å². The van der Waals surface area contributed by atoms with Crippen LogP contribution in [0.25, 0.3) is 22.2 Å². The molecule has 2 aromatic heterocycles. The number of nitrogens with two attached hydrogens (primary N) is 1. The van der Waals surface area contributed by atoms with Crippen LogP contribution in [0.3, 0.4) is 0 Å². The molecule has 4 aromatic rings. The van der Waals surface area contributed by atoms with Crippen LogP contribution in [0.5, 0.6) is 5.75 Å². The number of ether oxygens (including phenoxy) is 2. The van der Waals surface area contributed by atoms with E-state index in [1.165, 1.54) is 6.42 Å². The molecule has 2 aliphatic carbocycles. The van der Waals surface area contributed by atoms with Crippen molar-refractivity contribution in [3.8, 4) is 17.0 Å². The first-order chi connectivity index (χ1) is 18.1. The summed E-state index contributed by atoms with van der Waals surface area (Å²) >= 11 is 0. The first-order valence-corrected chi connectivity index (χ1v) is 13.2. The van der Waals surface area contributed by atoms with Crippen molar-refractivity contribution in [2.75, 3.05) is 17.7 Å². The Kier molecular flexibility index (Phi) is 6.24. The standard InChI is InChI=1S/C29H33N5O3/c1-19(20-5-6-20)37-29(35)32-22-9-7-21(8-10-22)28-27(30)25-17-24(36-16-15-33-14-13-31-18-33)11-12-26(25)34(28)23-3-2-4-23/h7-14,17-20,23H,2-6,15-16,30H2,1H3,(H,32,35). The number of nitrogens with zero attached hydrogens (tertiary/aromatic N) is 3. The van der Waals surface area contributed by atoms with Crippen molar-refractivity contribution in [2.24, 2.45) is 5.92 Å². The predicted octanol–water partition coefficient (Wildman–Crippen LogP) is 6.24. The molecule has 1 atom stereocenters. The molecule has 192 valence electrons. The summed E-state index contributed by atoms with van der Waals surface area (Å²) in [5.41, 5.74) is 11.4. The van der Waals surface area contributed by atoms with Crippen LogP contribution in [0.15, 0.2) is 61.2 Å². The van der Waals surface area contributed by atoms with Gasteiger partial charge in [0.2, 0.25) is 0 Å². The Morgan fingerprint density at radius 1 is 1.16 bits per heavy atom. The second-order valence-corrected chi connectivity index (χ2v) is 10.2. The lowest BCUT2D eigenvalue weighted by molar-refractivity contribution is 0.108. The van der Waals surface area contributed by atoms with Crippen molar-refractivity contribution in [1.82, 2.24) is 14.1 Å². The van der Waals surface area contributed by atoms with Crippen molar-refractivity contribution < 1.29 is 14.3 Å². The Morgan fingerprint density at radius 2 is 1.97 bits per heavy atom. The average Bonchev–Trinajstić information content (AvgIpc) is 3.52. The molecule has 1 unspecified atom stereocenters. The highest BCUT2D eigenvalue weighted by Gasteiger charge is 2.31. The van der Waals surface area contributed by atoms with Gasteiger partial charge < -0.3 is 24.3 Å². The molecule has 2 heterocycles. The Balaban J connectivity index is 1.24. The van der Waals surface area contributed by atoms with Crippen LogP contribution in [0.2, 0.25) is 0 Å². The van der Waals surface area contributed by atoms with Crippen molar-refractivity contribution in [3.05, 3.63) is 61.2 Å². The number of carbonyl (C=O) groups excluding carboxylic acids is 1. The van der Waals surface area contributed by atoms with Gasteiger partial charge in [0.05, 0.1) is 29.8 Å². The Bertz CT molecular complexity index is 1390. The average molecular weight is 500 g/mol. The molecule has 37 heavy (non-hydrogen) atoms. The van der Waals surface area contributed by atoms with Gasteiger partial charge in [-0.05, 0) is 75.3 Å². The molecule has 2 saturated carbocycles. The number of fused-ring (bicyclic) bond motifs is 1. The van der Waals surface area contributed by atoms with Crippen LogP contribution in [0.1, 0.15) is 45.1 Å². The predicted molar refractivity (Wildman–Crippen MR) is 145 cm³/mol. The molecule has 0 saturated heterocycles. The second kappa shape index (κ2) is 9.84. The maximum absolute atomic E-state index is 12.3. The van der Waals surface area contributed by atoms with Crippen molar-refractivity contribution in [2.45, 2.75) is 57.7 Å². The molecule has 2 aromatic carbocycles. The summed E-state index contributed by atoms with van der Waals surface area (Å²) in [6.45, 7) is 3.24. The van der Waals surface area contributed by atoms with Gasteiger partial charge in [-0.1, -0.05) is 12.1 Å². The third-order valence-corrected chi connectivity index (χ3v) is 7.61. The normalized spacial score (nSPS) is 16.4. The number of nitrogens with one attached hydrogen (secondary N) is 1. The smallest absolute Gasteiger partial charge is 0.411 e. The molecule has 0 bridgehead atoms. The zero-order chi connectivity index (χ0) is 25.4. The molecular weight excluding hydrogens is 466 g/mol. The fourth-order valence-corrected chi connectivity index (χ4v) is 5.10. The van der Waals surface area contributed by atoms with Gasteiger partial charge in [-0.3, -0.25) is 5.32 Å². The van der Waals surface area contributed by atoms with Gasteiger partial charge in [0.25, 0.3) is 0 Å². The number of hydrogen-bond donors (Lipinski definition) is 2. The number of benzene rings is 2. The van der Waals surface area contributed by atoms with E-state index in [-0.39, 0.29) is 6.10 Å². The lowest BCUT2D eigenvalue weighted by Gasteiger charge is -2.30. The van der Waals surface area contributed by atoms with E-state index in [0.29, 0.717) is 24.3 Å². The summed E-state index contributed by atoms with van der Waals surface area (Å²) in [6.07, 6.45) is 10.8. The number of imidazole rings is 1. The van der Waals surface area contributed by atoms with Crippen molar-refractivity contribution >= 4 is 28.4 Å². The van der Waals surface area contributed by atoms with E-state index in [2.05, 4.69) is 20.9 Å². The van der Waals surface area contributed by atoms with Gasteiger partial charge >= 0.3 is 6.09 Å². The Hall–Kier alpha value is -3.94. The molecule has 2 fully saturated rings. The molecule has 0 aliphatic heterocycles. The van der Waals surface area contributed by atoms with Gasteiger partial charge in [0.15, 0.2) is 0 Å². The number of hydrogen-bond acceptors (Lipinski definition) is 5. The van der Waals surface area contributed by atoms with Gasteiger partial charge in [-0.2, -0.15) is 0 Å². The minimum atomic E-state index is -0.407. The van der Waals surface area contributed by atoms with Crippen LogP contribution in [-0.2, 0) is 11.3 Å². The van der Waals surface area contributed by atoms with E-state index in [9.17, 15) is 4.79 Å². The van der Waals surface area contributed by atoms with E-state index >= 15 is 0 Å². The molecule has 2 aliphatic rings. The van der Waals surface area contributed by atoms with Gasteiger partial charge in [0, 0.05) is 35.1 Å². The minimum Gasteiger partial charge on any atom is -0.492 e. The molecule has 6 rings (SSSR count). The first-order valence-electron chi connectivity index (χ1n) is 13.2. The number of rotatable bonds is 9. The molecular formula is C29H33N5O3. The maximum atomic E-state index is 12.3. The first kappa shape index (κ1) is 23.5. The summed E-state index contributed by atoms with van der Waals surface area (Å²) in [6, 6.07) is 14.5. The summed E-state index contributed by atoms with van der Waals surface area (Å²) in [4.78, 5) is 16.3. The fourth-order valence-electron chi connectivity index (χ4n) is 5.10. The lowest BCUT2D eigenvalue weighted by atomic mass is 9.92. The fraction of sp³-hybridized carbons (Fsp3) is 0.379. The highest BCUT2D eigenvalue weighted by Crippen LogP contribution is 2.45. The van der Waals surface area contributed by atoms with Gasteiger partial charge in [-0.25, -0.2) is 9.78 Å². The molecule has 0 radical (unpaired) electrons. The van der Waals surface area contributed by atoms with Crippen LogP contribution >= 0.6 is 0 Å². The maximum Gasteiger partial charge on any atom is 0.411 e. The Morgan fingerprint density at radius 3 is 2.65 bits per heavy atom. The van der Waals surface area contributed by atoms with Crippen molar-refractivity contribution in [1.29, 1.82) is 0 Å². The highest BCUT2D eigenvalue weighted by molar-refractivity contribution is 6.02. The van der Waals surface area contributed by atoms with Crippen LogP contribution in [-0.4, -0.2) is 32.9 Å². The number of amides is 1.